The number of nitrogens with one attached hydrogen (secondary N) is 1. The molecule has 0 spiro atoms. The fourth-order valence-corrected chi connectivity index (χ4v) is 2.50. The van der Waals surface area contributed by atoms with Crippen LogP contribution in [0.2, 0.25) is 0 Å². The van der Waals surface area contributed by atoms with Gasteiger partial charge in [0.05, 0.1) is 0 Å². The molecule has 1 N–H and O–H groups in total. The summed E-state index contributed by atoms with van der Waals surface area (Å²) in [7, 11) is 2.23. The number of hydrogen-bond donors (Lipinski definition) is 1. The van der Waals surface area contributed by atoms with Crippen molar-refractivity contribution in [1.82, 2.24) is 10.2 Å². The Morgan fingerprint density at radius 2 is 1.94 bits per heavy atom. The van der Waals surface area contributed by atoms with Gasteiger partial charge in [0.1, 0.15) is 0 Å². The molecule has 0 unspecified atom stereocenters. The maximum absolute atomic E-state index is 3.75. The molecule has 0 aromatic heterocycles. The first-order valence-corrected chi connectivity index (χ1v) is 7.33. The van der Waals surface area contributed by atoms with Gasteiger partial charge in [0.2, 0.25) is 0 Å². The SMILES string of the molecule is C=CCCCCCNCCC1CCN(C)CC1. The van der Waals surface area contributed by atoms with Gasteiger partial charge in [0.25, 0.3) is 0 Å². The number of unbranched alkanes of at least 4 members (excludes halogenated alkanes) is 3. The smallest absolute Gasteiger partial charge is 0.00191 e. The Balaban J connectivity index is 1.82. The highest BCUT2D eigenvalue weighted by molar-refractivity contribution is 4.70. The van der Waals surface area contributed by atoms with E-state index in [1.54, 1.807) is 0 Å². The van der Waals surface area contributed by atoms with Crippen LogP contribution in [0.5, 0.6) is 0 Å². The van der Waals surface area contributed by atoms with Crippen molar-refractivity contribution in [2.45, 2.75) is 44.9 Å². The highest BCUT2D eigenvalue weighted by atomic mass is 15.1. The van der Waals surface area contributed by atoms with Crippen LogP contribution < -0.4 is 5.32 Å². The molecule has 2 nitrogen and oxygen atoms in total. The Morgan fingerprint density at radius 1 is 1.18 bits per heavy atom. The van der Waals surface area contributed by atoms with Gasteiger partial charge >= 0.3 is 0 Å². The molecule has 0 amide bonds. The predicted molar refractivity (Wildman–Crippen MR) is 76.4 cm³/mol. The first-order chi connectivity index (χ1) is 8.33. The molecule has 2 heteroatoms. The lowest BCUT2D eigenvalue weighted by Gasteiger charge is -2.28. The van der Waals surface area contributed by atoms with E-state index in [2.05, 4.69) is 23.8 Å². The van der Waals surface area contributed by atoms with Crippen LogP contribution in [-0.2, 0) is 0 Å². The van der Waals surface area contributed by atoms with Crippen LogP contribution in [0.4, 0.5) is 0 Å². The fourth-order valence-electron chi connectivity index (χ4n) is 2.50. The Hall–Kier alpha value is -0.340. The summed E-state index contributed by atoms with van der Waals surface area (Å²) in [5, 5.41) is 3.58. The zero-order valence-electron chi connectivity index (χ0n) is 11.6. The maximum Gasteiger partial charge on any atom is -0.00191 e. The Labute approximate surface area is 107 Å². The maximum atomic E-state index is 3.75. The largest absolute Gasteiger partial charge is 0.317 e. The van der Waals surface area contributed by atoms with E-state index in [4.69, 9.17) is 0 Å². The van der Waals surface area contributed by atoms with E-state index >= 15 is 0 Å². The number of piperidine rings is 1. The third-order valence-electron chi connectivity index (χ3n) is 3.83. The van der Waals surface area contributed by atoms with Crippen LogP contribution in [0, 0.1) is 5.92 Å². The molecule has 0 aliphatic carbocycles. The number of hydrogen-bond acceptors (Lipinski definition) is 2. The minimum atomic E-state index is 0.972. The normalized spacial score (nSPS) is 18.4. The van der Waals surface area contributed by atoms with Crippen molar-refractivity contribution in [3.05, 3.63) is 12.7 Å². The van der Waals surface area contributed by atoms with Crippen LogP contribution >= 0.6 is 0 Å². The van der Waals surface area contributed by atoms with Gasteiger partial charge in [0, 0.05) is 0 Å². The highest BCUT2D eigenvalue weighted by Gasteiger charge is 2.15. The van der Waals surface area contributed by atoms with Crippen molar-refractivity contribution in [3.63, 3.8) is 0 Å². The standard InChI is InChI=1S/C15H30N2/c1-3-4-5-6-7-11-16-12-8-15-9-13-17(2)14-10-15/h3,15-16H,1,4-14H2,2H3. The van der Waals surface area contributed by atoms with Gasteiger partial charge in [-0.15, -0.1) is 6.58 Å². The Bertz CT molecular complexity index is 183. The zero-order chi connectivity index (χ0) is 12.3. The molecule has 17 heavy (non-hydrogen) atoms. The van der Waals surface area contributed by atoms with Gasteiger partial charge in [-0.05, 0) is 77.7 Å². The molecule has 1 heterocycles. The van der Waals surface area contributed by atoms with Gasteiger partial charge in [0.15, 0.2) is 0 Å². The first kappa shape index (κ1) is 14.7. The Morgan fingerprint density at radius 3 is 2.65 bits per heavy atom. The lowest BCUT2D eigenvalue weighted by molar-refractivity contribution is 0.211. The van der Waals surface area contributed by atoms with E-state index in [9.17, 15) is 0 Å². The van der Waals surface area contributed by atoms with Crippen LogP contribution in [0.15, 0.2) is 12.7 Å². The van der Waals surface area contributed by atoms with E-state index < -0.39 is 0 Å². The van der Waals surface area contributed by atoms with Crippen LogP contribution in [0.1, 0.15) is 44.9 Å². The van der Waals surface area contributed by atoms with Crippen LogP contribution in [-0.4, -0.2) is 38.1 Å². The van der Waals surface area contributed by atoms with Gasteiger partial charge in [-0.2, -0.15) is 0 Å². The second kappa shape index (κ2) is 9.67. The highest BCUT2D eigenvalue weighted by Crippen LogP contribution is 2.18. The summed E-state index contributed by atoms with van der Waals surface area (Å²) in [4.78, 5) is 2.45. The van der Waals surface area contributed by atoms with E-state index in [1.807, 2.05) is 6.08 Å². The summed E-state index contributed by atoms with van der Waals surface area (Å²) in [5.41, 5.74) is 0. The predicted octanol–water partition coefficient (Wildman–Crippen LogP) is 3.05. The molecule has 1 rings (SSSR count). The molecular weight excluding hydrogens is 208 g/mol. The van der Waals surface area contributed by atoms with E-state index in [0.717, 1.165) is 5.92 Å². The van der Waals surface area contributed by atoms with Crippen molar-refractivity contribution in [3.8, 4) is 0 Å². The lowest BCUT2D eigenvalue weighted by atomic mass is 9.94. The van der Waals surface area contributed by atoms with Gasteiger partial charge in [-0.25, -0.2) is 0 Å². The fraction of sp³-hybridized carbons (Fsp3) is 0.867. The second-order valence-corrected chi connectivity index (χ2v) is 5.42. The first-order valence-electron chi connectivity index (χ1n) is 7.33. The minimum absolute atomic E-state index is 0.972. The van der Waals surface area contributed by atoms with Crippen molar-refractivity contribution in [2.24, 2.45) is 5.92 Å². The summed E-state index contributed by atoms with van der Waals surface area (Å²) in [6, 6.07) is 0. The molecular formula is C15H30N2. The summed E-state index contributed by atoms with van der Waals surface area (Å²) in [6.07, 6.45) is 11.3. The van der Waals surface area contributed by atoms with E-state index in [1.165, 1.54) is 71.1 Å². The summed E-state index contributed by atoms with van der Waals surface area (Å²) >= 11 is 0. The van der Waals surface area contributed by atoms with Crippen molar-refractivity contribution < 1.29 is 0 Å². The molecule has 0 aromatic carbocycles. The number of allylic oxidation sites excluding steroid dienone is 1. The molecule has 1 fully saturated rings. The molecule has 1 aliphatic rings. The van der Waals surface area contributed by atoms with Crippen molar-refractivity contribution in [2.75, 3.05) is 33.2 Å². The molecule has 0 saturated carbocycles. The number of rotatable bonds is 9. The molecule has 0 atom stereocenters. The summed E-state index contributed by atoms with van der Waals surface area (Å²) in [5.74, 6) is 0.972. The van der Waals surface area contributed by atoms with Gasteiger partial charge < -0.3 is 10.2 Å². The quantitative estimate of drug-likeness (QED) is 0.490. The van der Waals surface area contributed by atoms with Gasteiger partial charge in [-0.3, -0.25) is 0 Å². The molecule has 0 bridgehead atoms. The molecule has 100 valence electrons. The van der Waals surface area contributed by atoms with Crippen LogP contribution in [0.3, 0.4) is 0 Å². The second-order valence-electron chi connectivity index (χ2n) is 5.42. The molecule has 1 aliphatic heterocycles. The summed E-state index contributed by atoms with van der Waals surface area (Å²) < 4.78 is 0. The topological polar surface area (TPSA) is 15.3 Å². The molecule has 0 radical (unpaired) electrons. The van der Waals surface area contributed by atoms with E-state index in [0.29, 0.717) is 0 Å². The van der Waals surface area contributed by atoms with Crippen molar-refractivity contribution >= 4 is 0 Å². The lowest BCUT2D eigenvalue weighted by Crippen LogP contribution is -2.31. The van der Waals surface area contributed by atoms with Crippen LogP contribution in [0.25, 0.3) is 0 Å². The van der Waals surface area contributed by atoms with Gasteiger partial charge in [-0.1, -0.05) is 12.5 Å². The monoisotopic (exact) mass is 238 g/mol. The third kappa shape index (κ3) is 7.56. The molecule has 1 saturated heterocycles. The van der Waals surface area contributed by atoms with E-state index in [-0.39, 0.29) is 0 Å². The number of nitrogens with zero attached hydrogens (tertiary/aromatic N) is 1. The number of likely N-dealkylation sites (tertiary alicyclic amines) is 1. The Kier molecular flexibility index (Phi) is 8.37. The third-order valence-corrected chi connectivity index (χ3v) is 3.83. The summed E-state index contributed by atoms with van der Waals surface area (Å²) in [6.45, 7) is 8.76. The minimum Gasteiger partial charge on any atom is -0.317 e. The average molecular weight is 238 g/mol. The molecule has 0 aromatic rings. The zero-order valence-corrected chi connectivity index (χ0v) is 11.6. The van der Waals surface area contributed by atoms with Crippen molar-refractivity contribution in [1.29, 1.82) is 0 Å². The average Bonchev–Trinajstić information content (AvgIpc) is 2.35.